The molecular formula is C21H22N2O3. The van der Waals surface area contributed by atoms with Crippen LogP contribution in [-0.4, -0.2) is 24.5 Å². The summed E-state index contributed by atoms with van der Waals surface area (Å²) in [5, 5.41) is 2.93. The van der Waals surface area contributed by atoms with Crippen LogP contribution in [0.5, 0.6) is 0 Å². The summed E-state index contributed by atoms with van der Waals surface area (Å²) in [4.78, 5) is 26.8. The predicted octanol–water partition coefficient (Wildman–Crippen LogP) is 3.58. The summed E-state index contributed by atoms with van der Waals surface area (Å²) in [5.41, 5.74) is 5.36. The number of rotatable bonds is 3. The number of nitrogens with one attached hydrogen (secondary N) is 1. The molecule has 0 unspecified atom stereocenters. The van der Waals surface area contributed by atoms with Crippen molar-refractivity contribution in [2.75, 3.05) is 16.8 Å². The van der Waals surface area contributed by atoms with E-state index in [2.05, 4.69) is 10.2 Å². The SMILES string of the molecule is Cc1ccc(C)c(COC(=O)c2ccc3c(c2)NC(=O)[C@@H]2CCCN32)c1. The molecular weight excluding hydrogens is 328 g/mol. The van der Waals surface area contributed by atoms with E-state index in [1.165, 1.54) is 0 Å². The van der Waals surface area contributed by atoms with Gasteiger partial charge in [-0.05, 0) is 56.0 Å². The monoisotopic (exact) mass is 350 g/mol. The highest BCUT2D eigenvalue weighted by Gasteiger charge is 2.36. The third-order valence-electron chi connectivity index (χ3n) is 5.22. The molecule has 26 heavy (non-hydrogen) atoms. The maximum atomic E-state index is 12.5. The van der Waals surface area contributed by atoms with Gasteiger partial charge in [-0.1, -0.05) is 23.8 Å². The van der Waals surface area contributed by atoms with Gasteiger partial charge in [-0.2, -0.15) is 0 Å². The van der Waals surface area contributed by atoms with Gasteiger partial charge >= 0.3 is 5.97 Å². The summed E-state index contributed by atoms with van der Waals surface area (Å²) >= 11 is 0. The largest absolute Gasteiger partial charge is 0.457 e. The van der Waals surface area contributed by atoms with Gasteiger partial charge in [0.15, 0.2) is 0 Å². The van der Waals surface area contributed by atoms with Gasteiger partial charge in [0.2, 0.25) is 5.91 Å². The molecule has 5 heteroatoms. The quantitative estimate of drug-likeness (QED) is 0.860. The first-order valence-electron chi connectivity index (χ1n) is 8.98. The third-order valence-corrected chi connectivity index (χ3v) is 5.22. The van der Waals surface area contributed by atoms with Crippen LogP contribution in [0.2, 0.25) is 0 Å². The first-order valence-corrected chi connectivity index (χ1v) is 8.98. The Labute approximate surface area is 153 Å². The number of carbonyl (C=O) groups excluding carboxylic acids is 2. The molecule has 2 aliphatic heterocycles. The number of esters is 1. The van der Waals surface area contributed by atoms with E-state index in [4.69, 9.17) is 4.74 Å². The number of hydrogen-bond donors (Lipinski definition) is 1. The lowest BCUT2D eigenvalue weighted by molar-refractivity contribution is -0.117. The minimum absolute atomic E-state index is 0.0101. The van der Waals surface area contributed by atoms with Crippen LogP contribution in [-0.2, 0) is 16.1 Å². The van der Waals surface area contributed by atoms with Crippen molar-refractivity contribution in [3.63, 3.8) is 0 Å². The van der Waals surface area contributed by atoms with Crippen LogP contribution in [0.4, 0.5) is 11.4 Å². The Balaban J connectivity index is 1.52. The molecule has 134 valence electrons. The third kappa shape index (κ3) is 2.94. The molecule has 0 spiro atoms. The highest BCUT2D eigenvalue weighted by molar-refractivity contribution is 6.05. The molecule has 0 saturated carbocycles. The lowest BCUT2D eigenvalue weighted by atomic mass is 10.1. The van der Waals surface area contributed by atoms with Crippen LogP contribution in [0.3, 0.4) is 0 Å². The zero-order chi connectivity index (χ0) is 18.3. The topological polar surface area (TPSA) is 58.6 Å². The van der Waals surface area contributed by atoms with Crippen LogP contribution >= 0.6 is 0 Å². The van der Waals surface area contributed by atoms with E-state index >= 15 is 0 Å². The molecule has 1 atom stereocenters. The van der Waals surface area contributed by atoms with E-state index in [0.29, 0.717) is 11.3 Å². The first-order chi connectivity index (χ1) is 12.5. The van der Waals surface area contributed by atoms with E-state index < -0.39 is 0 Å². The molecule has 0 aliphatic carbocycles. The van der Waals surface area contributed by atoms with Crippen LogP contribution in [0.25, 0.3) is 0 Å². The fourth-order valence-corrected chi connectivity index (χ4v) is 3.74. The average Bonchev–Trinajstić information content (AvgIpc) is 3.12. The highest BCUT2D eigenvalue weighted by atomic mass is 16.5. The second-order valence-corrected chi connectivity index (χ2v) is 7.08. The van der Waals surface area contributed by atoms with Gasteiger partial charge in [0, 0.05) is 6.54 Å². The molecule has 0 bridgehead atoms. The molecule has 5 nitrogen and oxygen atoms in total. The van der Waals surface area contributed by atoms with Gasteiger partial charge in [-0.25, -0.2) is 4.79 Å². The summed E-state index contributed by atoms with van der Waals surface area (Å²) in [6.07, 6.45) is 1.89. The Kier molecular flexibility index (Phi) is 4.15. The molecule has 2 heterocycles. The van der Waals surface area contributed by atoms with E-state index in [9.17, 15) is 9.59 Å². The van der Waals surface area contributed by atoms with E-state index in [1.54, 1.807) is 12.1 Å². The molecule has 1 N–H and O–H groups in total. The van der Waals surface area contributed by atoms with Crippen LogP contribution in [0, 0.1) is 13.8 Å². The van der Waals surface area contributed by atoms with Crippen molar-refractivity contribution in [1.82, 2.24) is 0 Å². The number of nitrogens with zero attached hydrogens (tertiary/aromatic N) is 1. The van der Waals surface area contributed by atoms with Crippen molar-refractivity contribution >= 4 is 23.3 Å². The Hall–Kier alpha value is -2.82. The predicted molar refractivity (Wildman–Crippen MR) is 100 cm³/mol. The van der Waals surface area contributed by atoms with Gasteiger partial charge in [0.05, 0.1) is 16.9 Å². The van der Waals surface area contributed by atoms with Crippen molar-refractivity contribution in [2.45, 2.75) is 39.3 Å². The Morgan fingerprint density at radius 2 is 2.08 bits per heavy atom. The standard InChI is InChI=1S/C21H22N2O3/c1-13-5-6-14(2)16(10-13)12-26-21(25)15-7-8-18-17(11-15)22-20(24)19-4-3-9-23(18)19/h5-8,10-11,19H,3-4,9,12H2,1-2H3,(H,22,24)/t19-/m0/s1. The van der Waals surface area contributed by atoms with Crippen molar-refractivity contribution in [2.24, 2.45) is 0 Å². The Morgan fingerprint density at radius 3 is 2.92 bits per heavy atom. The van der Waals surface area contributed by atoms with Crippen LogP contribution in [0.1, 0.15) is 39.9 Å². The number of anilines is 2. The lowest BCUT2D eigenvalue weighted by Gasteiger charge is -2.33. The maximum Gasteiger partial charge on any atom is 0.338 e. The molecule has 0 aromatic heterocycles. The lowest BCUT2D eigenvalue weighted by Crippen LogP contribution is -2.43. The van der Waals surface area contributed by atoms with E-state index in [-0.39, 0.29) is 24.5 Å². The second kappa shape index (κ2) is 6.48. The number of aryl methyl sites for hydroxylation is 2. The fraction of sp³-hybridized carbons (Fsp3) is 0.333. The van der Waals surface area contributed by atoms with Crippen LogP contribution < -0.4 is 10.2 Å². The molecule has 2 aromatic rings. The molecule has 1 amide bonds. The minimum atomic E-state index is -0.383. The van der Waals surface area contributed by atoms with E-state index in [1.807, 2.05) is 38.1 Å². The highest BCUT2D eigenvalue weighted by Crippen LogP contribution is 2.37. The van der Waals surface area contributed by atoms with Crippen molar-refractivity contribution in [3.8, 4) is 0 Å². The molecule has 1 saturated heterocycles. The molecule has 2 aliphatic rings. The summed E-state index contributed by atoms with van der Waals surface area (Å²) in [5.74, 6) is -0.373. The second-order valence-electron chi connectivity index (χ2n) is 7.08. The Bertz CT molecular complexity index is 891. The number of amides is 1. The summed E-state index contributed by atoms with van der Waals surface area (Å²) in [7, 11) is 0. The van der Waals surface area contributed by atoms with E-state index in [0.717, 1.165) is 41.8 Å². The summed E-state index contributed by atoms with van der Waals surface area (Å²) in [6.45, 7) is 5.14. The van der Waals surface area contributed by atoms with Crippen molar-refractivity contribution in [1.29, 1.82) is 0 Å². The average molecular weight is 350 g/mol. The number of benzene rings is 2. The smallest absolute Gasteiger partial charge is 0.338 e. The number of ether oxygens (including phenoxy) is 1. The van der Waals surface area contributed by atoms with Gasteiger partial charge in [0.25, 0.3) is 0 Å². The number of fused-ring (bicyclic) bond motifs is 3. The summed E-state index contributed by atoms with van der Waals surface area (Å²) in [6, 6.07) is 11.4. The van der Waals surface area contributed by atoms with Crippen molar-refractivity contribution < 1.29 is 14.3 Å². The molecule has 0 radical (unpaired) electrons. The van der Waals surface area contributed by atoms with Gasteiger partial charge < -0.3 is 15.0 Å². The minimum Gasteiger partial charge on any atom is -0.457 e. The summed E-state index contributed by atoms with van der Waals surface area (Å²) < 4.78 is 5.49. The maximum absolute atomic E-state index is 12.5. The fourth-order valence-electron chi connectivity index (χ4n) is 3.74. The normalized spacial score (nSPS) is 18.2. The zero-order valence-electron chi connectivity index (χ0n) is 15.0. The van der Waals surface area contributed by atoms with Gasteiger partial charge in [-0.3, -0.25) is 4.79 Å². The van der Waals surface area contributed by atoms with Crippen LogP contribution in [0.15, 0.2) is 36.4 Å². The number of carbonyl (C=O) groups is 2. The number of hydrogen-bond acceptors (Lipinski definition) is 4. The zero-order valence-corrected chi connectivity index (χ0v) is 15.0. The first kappa shape index (κ1) is 16.6. The Morgan fingerprint density at radius 1 is 1.23 bits per heavy atom. The van der Waals surface area contributed by atoms with Gasteiger partial charge in [-0.15, -0.1) is 0 Å². The van der Waals surface area contributed by atoms with Gasteiger partial charge in [0.1, 0.15) is 12.6 Å². The van der Waals surface area contributed by atoms with Crippen molar-refractivity contribution in [3.05, 3.63) is 58.7 Å². The molecule has 2 aromatic carbocycles. The molecule has 1 fully saturated rings. The molecule has 4 rings (SSSR count).